The number of halogens is 1. The van der Waals surface area contributed by atoms with Crippen LogP contribution in [0.15, 0.2) is 30.6 Å². The van der Waals surface area contributed by atoms with E-state index in [1.54, 1.807) is 6.20 Å². The van der Waals surface area contributed by atoms with Gasteiger partial charge in [0.2, 0.25) is 0 Å². The third-order valence-corrected chi connectivity index (χ3v) is 3.46. The van der Waals surface area contributed by atoms with E-state index in [1.807, 2.05) is 29.0 Å². The van der Waals surface area contributed by atoms with Crippen LogP contribution in [-0.4, -0.2) is 14.7 Å². The van der Waals surface area contributed by atoms with Gasteiger partial charge in [-0.3, -0.25) is 0 Å². The molecule has 0 aliphatic heterocycles. The molecule has 1 unspecified atom stereocenters. The maximum Gasteiger partial charge on any atom is 0.136 e. The maximum atomic E-state index is 9.91. The topological polar surface area (TPSA) is 38.0 Å². The van der Waals surface area contributed by atoms with E-state index in [9.17, 15) is 5.11 Å². The lowest BCUT2D eigenvalue weighted by molar-refractivity contribution is 0.156. The fraction of sp³-hybridized carbons (Fsp3) is 0.308. The number of aliphatic hydroxyl groups excluding tert-OH is 1. The van der Waals surface area contributed by atoms with Crippen LogP contribution in [0.4, 0.5) is 0 Å². The summed E-state index contributed by atoms with van der Waals surface area (Å²) in [6.07, 6.45) is 6.14. The zero-order chi connectivity index (χ0) is 11.8. The minimum absolute atomic E-state index is 0.327. The Labute approximate surface area is 105 Å². The van der Waals surface area contributed by atoms with E-state index in [0.29, 0.717) is 5.02 Å². The highest BCUT2D eigenvalue weighted by Gasteiger charge is 2.21. The van der Waals surface area contributed by atoms with Crippen molar-refractivity contribution in [3.8, 4) is 5.82 Å². The number of pyridine rings is 1. The fourth-order valence-corrected chi connectivity index (χ4v) is 2.50. The first-order valence-corrected chi connectivity index (χ1v) is 6.13. The Morgan fingerprint density at radius 3 is 3.00 bits per heavy atom. The van der Waals surface area contributed by atoms with E-state index in [4.69, 9.17) is 11.6 Å². The molecule has 1 aliphatic rings. The average molecular weight is 249 g/mol. The molecule has 0 saturated carbocycles. The number of hydrogen-bond acceptors (Lipinski definition) is 2. The summed E-state index contributed by atoms with van der Waals surface area (Å²) in [6, 6.07) is 5.70. The molecule has 88 valence electrons. The second kappa shape index (κ2) is 4.17. The lowest BCUT2D eigenvalue weighted by Gasteiger charge is -2.19. The Morgan fingerprint density at radius 1 is 1.35 bits per heavy atom. The monoisotopic (exact) mass is 248 g/mol. The molecular weight excluding hydrogens is 236 g/mol. The van der Waals surface area contributed by atoms with Crippen molar-refractivity contribution in [1.82, 2.24) is 9.55 Å². The third kappa shape index (κ3) is 1.85. The van der Waals surface area contributed by atoms with E-state index in [1.165, 1.54) is 5.69 Å². The minimum atomic E-state index is -0.327. The molecule has 1 atom stereocenters. The van der Waals surface area contributed by atoms with Gasteiger partial charge in [0.15, 0.2) is 0 Å². The van der Waals surface area contributed by atoms with Crippen LogP contribution in [0.2, 0.25) is 5.02 Å². The molecule has 0 bridgehead atoms. The summed E-state index contributed by atoms with van der Waals surface area (Å²) < 4.78 is 2.04. The number of aromatic nitrogens is 2. The van der Waals surface area contributed by atoms with Crippen molar-refractivity contribution >= 4 is 11.6 Å². The Morgan fingerprint density at radius 2 is 2.24 bits per heavy atom. The fourth-order valence-electron chi connectivity index (χ4n) is 2.39. The number of fused-ring (bicyclic) bond motifs is 1. The maximum absolute atomic E-state index is 9.91. The van der Waals surface area contributed by atoms with Gasteiger partial charge in [-0.15, -0.1) is 0 Å². The van der Waals surface area contributed by atoms with Gasteiger partial charge in [0.05, 0.1) is 11.1 Å². The zero-order valence-corrected chi connectivity index (χ0v) is 10.1. The predicted octanol–water partition coefficient (Wildman–Crippen LogP) is 2.90. The van der Waals surface area contributed by atoms with Crippen molar-refractivity contribution in [2.24, 2.45) is 0 Å². The van der Waals surface area contributed by atoms with Crippen molar-refractivity contribution in [3.05, 3.63) is 46.9 Å². The van der Waals surface area contributed by atoms with Crippen LogP contribution in [0.1, 0.15) is 30.2 Å². The standard InChI is InChI=1S/C13H13ClN2O/c14-9-4-5-13(15-8-9)16-7-6-10-11(16)2-1-3-12(10)17/h4-8,12,17H,1-3H2. The molecule has 1 aliphatic carbocycles. The van der Waals surface area contributed by atoms with E-state index < -0.39 is 0 Å². The SMILES string of the molecule is OC1CCCc2c1ccn2-c1ccc(Cl)cn1. The molecule has 0 amide bonds. The Balaban J connectivity index is 2.07. The van der Waals surface area contributed by atoms with Crippen LogP contribution in [0.3, 0.4) is 0 Å². The highest BCUT2D eigenvalue weighted by Crippen LogP contribution is 2.31. The molecule has 0 saturated heterocycles. The van der Waals surface area contributed by atoms with Gasteiger partial charge >= 0.3 is 0 Å². The number of nitrogens with zero attached hydrogens (tertiary/aromatic N) is 2. The first kappa shape index (κ1) is 10.8. The van der Waals surface area contributed by atoms with E-state index >= 15 is 0 Å². The summed E-state index contributed by atoms with van der Waals surface area (Å²) in [7, 11) is 0. The molecule has 0 spiro atoms. The predicted molar refractivity (Wildman–Crippen MR) is 66.5 cm³/mol. The summed E-state index contributed by atoms with van der Waals surface area (Å²) in [5.41, 5.74) is 2.20. The first-order chi connectivity index (χ1) is 8.25. The number of hydrogen-bond donors (Lipinski definition) is 1. The van der Waals surface area contributed by atoms with Gasteiger partial charge < -0.3 is 9.67 Å². The minimum Gasteiger partial charge on any atom is -0.388 e. The highest BCUT2D eigenvalue weighted by atomic mass is 35.5. The van der Waals surface area contributed by atoms with E-state index in [2.05, 4.69) is 4.98 Å². The summed E-state index contributed by atoms with van der Waals surface area (Å²) in [6.45, 7) is 0. The summed E-state index contributed by atoms with van der Waals surface area (Å²) >= 11 is 5.83. The summed E-state index contributed by atoms with van der Waals surface area (Å²) in [5, 5.41) is 10.5. The lowest BCUT2D eigenvalue weighted by Crippen LogP contribution is -2.11. The number of rotatable bonds is 1. The van der Waals surface area contributed by atoms with Gasteiger partial charge in [0.25, 0.3) is 0 Å². The second-order valence-electron chi connectivity index (χ2n) is 4.33. The molecule has 0 radical (unpaired) electrons. The Bertz CT molecular complexity index is 533. The lowest BCUT2D eigenvalue weighted by atomic mass is 9.95. The van der Waals surface area contributed by atoms with Gasteiger partial charge in [-0.25, -0.2) is 4.98 Å². The van der Waals surface area contributed by atoms with E-state index in [-0.39, 0.29) is 6.10 Å². The third-order valence-electron chi connectivity index (χ3n) is 3.24. The van der Waals surface area contributed by atoms with Crippen LogP contribution < -0.4 is 0 Å². The van der Waals surface area contributed by atoms with Gasteiger partial charge in [-0.1, -0.05) is 11.6 Å². The molecule has 17 heavy (non-hydrogen) atoms. The second-order valence-corrected chi connectivity index (χ2v) is 4.77. The molecule has 0 fully saturated rings. The van der Waals surface area contributed by atoms with Crippen molar-refractivity contribution in [3.63, 3.8) is 0 Å². The van der Waals surface area contributed by atoms with Crippen LogP contribution in [0.5, 0.6) is 0 Å². The van der Waals surface area contributed by atoms with Gasteiger partial charge in [0.1, 0.15) is 5.82 Å². The quantitative estimate of drug-likeness (QED) is 0.843. The van der Waals surface area contributed by atoms with Gasteiger partial charge in [0, 0.05) is 23.7 Å². The molecule has 2 aromatic rings. The smallest absolute Gasteiger partial charge is 0.136 e. The zero-order valence-electron chi connectivity index (χ0n) is 9.31. The Hall–Kier alpha value is -1.32. The highest BCUT2D eigenvalue weighted by molar-refractivity contribution is 6.30. The molecule has 3 nitrogen and oxygen atoms in total. The van der Waals surface area contributed by atoms with Crippen LogP contribution in [0.25, 0.3) is 5.82 Å². The van der Waals surface area contributed by atoms with Gasteiger partial charge in [-0.2, -0.15) is 0 Å². The molecule has 3 rings (SSSR count). The Kier molecular flexibility index (Phi) is 2.65. The molecule has 0 aromatic carbocycles. The van der Waals surface area contributed by atoms with E-state index in [0.717, 1.165) is 30.6 Å². The van der Waals surface area contributed by atoms with Crippen LogP contribution in [0, 0.1) is 0 Å². The summed E-state index contributed by atoms with van der Waals surface area (Å²) in [5.74, 6) is 0.852. The van der Waals surface area contributed by atoms with Crippen molar-refractivity contribution in [2.45, 2.75) is 25.4 Å². The molecule has 2 heterocycles. The van der Waals surface area contributed by atoms with Crippen molar-refractivity contribution < 1.29 is 5.11 Å². The molecular formula is C13H13ClN2O. The van der Waals surface area contributed by atoms with Gasteiger partial charge in [-0.05, 0) is 37.5 Å². The number of aliphatic hydroxyl groups is 1. The first-order valence-electron chi connectivity index (χ1n) is 5.76. The largest absolute Gasteiger partial charge is 0.388 e. The summed E-state index contributed by atoms with van der Waals surface area (Å²) in [4.78, 5) is 4.30. The average Bonchev–Trinajstić information content (AvgIpc) is 2.75. The molecule has 2 aromatic heterocycles. The van der Waals surface area contributed by atoms with Crippen molar-refractivity contribution in [1.29, 1.82) is 0 Å². The van der Waals surface area contributed by atoms with Crippen LogP contribution >= 0.6 is 11.6 Å². The molecule has 4 heteroatoms. The normalized spacial score (nSPS) is 19.1. The van der Waals surface area contributed by atoms with Crippen molar-refractivity contribution in [2.75, 3.05) is 0 Å². The molecule has 1 N–H and O–H groups in total. The van der Waals surface area contributed by atoms with Crippen LogP contribution in [-0.2, 0) is 6.42 Å².